The van der Waals surface area contributed by atoms with Crippen LogP contribution in [-0.4, -0.2) is 17.3 Å². The van der Waals surface area contributed by atoms with Crippen molar-refractivity contribution in [1.29, 1.82) is 0 Å². The van der Waals surface area contributed by atoms with Gasteiger partial charge in [-0.1, -0.05) is 22.9 Å². The second-order valence-corrected chi connectivity index (χ2v) is 7.04. The molecule has 0 aliphatic heterocycles. The maximum absolute atomic E-state index is 5.85. The third-order valence-corrected chi connectivity index (χ3v) is 4.82. The number of thiazole rings is 1. The molecule has 1 aromatic heterocycles. The highest BCUT2D eigenvalue weighted by atomic mass is 79.9. The number of nitrogen functional groups attached to an aromatic ring is 1. The minimum atomic E-state index is 0.596. The van der Waals surface area contributed by atoms with E-state index in [9.17, 15) is 0 Å². The first-order valence-electron chi connectivity index (χ1n) is 5.07. The lowest BCUT2D eigenvalue weighted by molar-refractivity contribution is 0.342. The lowest BCUT2D eigenvalue weighted by atomic mass is 10.3. The van der Waals surface area contributed by atoms with Gasteiger partial charge in [0, 0.05) is 10.8 Å². The van der Waals surface area contributed by atoms with Crippen molar-refractivity contribution in [3.8, 4) is 5.75 Å². The van der Waals surface area contributed by atoms with Crippen LogP contribution in [0.5, 0.6) is 5.75 Å². The fourth-order valence-corrected chi connectivity index (χ4v) is 3.68. The molecular formula is C11H10BrClN2OS2. The summed E-state index contributed by atoms with van der Waals surface area (Å²) in [5.74, 6) is 1.64. The van der Waals surface area contributed by atoms with Gasteiger partial charge in [-0.05, 0) is 34.1 Å². The molecule has 2 N–H and O–H groups in total. The van der Waals surface area contributed by atoms with E-state index in [0.717, 1.165) is 20.2 Å². The average molecular weight is 366 g/mol. The van der Waals surface area contributed by atoms with Crippen molar-refractivity contribution in [3.05, 3.63) is 33.9 Å². The second-order valence-electron chi connectivity index (χ2n) is 3.29. The van der Waals surface area contributed by atoms with Crippen molar-refractivity contribution in [1.82, 2.24) is 4.98 Å². The van der Waals surface area contributed by atoms with Gasteiger partial charge in [0.2, 0.25) is 0 Å². The zero-order valence-corrected chi connectivity index (χ0v) is 13.2. The Morgan fingerprint density at radius 1 is 1.50 bits per heavy atom. The largest absolute Gasteiger partial charge is 0.492 e. The van der Waals surface area contributed by atoms with Gasteiger partial charge in [-0.25, -0.2) is 4.98 Å². The summed E-state index contributed by atoms with van der Waals surface area (Å²) in [5.41, 5.74) is 5.55. The molecule has 2 rings (SSSR count). The van der Waals surface area contributed by atoms with Crippen molar-refractivity contribution in [2.24, 2.45) is 0 Å². The van der Waals surface area contributed by atoms with E-state index in [4.69, 9.17) is 22.1 Å². The number of aromatic nitrogens is 1. The Bertz CT molecular complexity index is 536. The van der Waals surface area contributed by atoms with E-state index in [0.29, 0.717) is 16.8 Å². The van der Waals surface area contributed by atoms with Gasteiger partial charge in [0.1, 0.15) is 5.75 Å². The molecular weight excluding hydrogens is 356 g/mol. The van der Waals surface area contributed by atoms with E-state index < -0.39 is 0 Å². The molecule has 0 radical (unpaired) electrons. The van der Waals surface area contributed by atoms with Crippen LogP contribution in [-0.2, 0) is 0 Å². The second kappa shape index (κ2) is 6.65. The summed E-state index contributed by atoms with van der Waals surface area (Å²) in [4.78, 5) is 3.99. The Hall–Kier alpha value is -0.430. The number of thioether (sulfide) groups is 1. The van der Waals surface area contributed by atoms with Crippen molar-refractivity contribution in [2.45, 2.75) is 4.21 Å². The van der Waals surface area contributed by atoms with Gasteiger partial charge in [0.15, 0.2) is 5.13 Å². The van der Waals surface area contributed by atoms with Crippen molar-refractivity contribution < 1.29 is 4.74 Å². The fraction of sp³-hybridized carbons (Fsp3) is 0.182. The topological polar surface area (TPSA) is 48.1 Å². The molecule has 7 heteroatoms. The third kappa shape index (κ3) is 4.05. The number of hydrogen-bond donors (Lipinski definition) is 1. The highest BCUT2D eigenvalue weighted by Gasteiger charge is 2.03. The standard InChI is InChI=1S/C11H10BrClN2OS2/c12-8-5-7(13)1-2-9(8)16-3-4-17-10-6-15-11(14)18-10/h1-2,5-6H,3-4H2,(H2,14,15). The molecule has 0 aliphatic rings. The van der Waals surface area contributed by atoms with Crippen LogP contribution >= 0.6 is 50.6 Å². The van der Waals surface area contributed by atoms with E-state index in [1.165, 1.54) is 11.3 Å². The summed E-state index contributed by atoms with van der Waals surface area (Å²) in [6, 6.07) is 5.47. The predicted molar refractivity (Wildman–Crippen MR) is 81.9 cm³/mol. The normalized spacial score (nSPS) is 10.6. The first-order valence-corrected chi connectivity index (χ1v) is 8.04. The Labute approximate surface area is 127 Å². The molecule has 96 valence electrons. The number of nitrogens with zero attached hydrogens (tertiary/aromatic N) is 1. The smallest absolute Gasteiger partial charge is 0.181 e. The monoisotopic (exact) mass is 364 g/mol. The number of hydrogen-bond acceptors (Lipinski definition) is 5. The molecule has 0 spiro atoms. The average Bonchev–Trinajstić information content (AvgIpc) is 2.73. The first kappa shape index (κ1) is 14.0. The number of ether oxygens (including phenoxy) is 1. The molecule has 0 atom stereocenters. The van der Waals surface area contributed by atoms with Crippen molar-refractivity contribution in [3.63, 3.8) is 0 Å². The quantitative estimate of drug-likeness (QED) is 0.633. The Morgan fingerprint density at radius 3 is 3.00 bits per heavy atom. The Morgan fingerprint density at radius 2 is 2.33 bits per heavy atom. The zero-order valence-electron chi connectivity index (χ0n) is 9.23. The van der Waals surface area contributed by atoms with Crippen LogP contribution in [0.15, 0.2) is 33.1 Å². The molecule has 18 heavy (non-hydrogen) atoms. The number of halogens is 2. The van der Waals surface area contributed by atoms with E-state index in [1.807, 2.05) is 12.1 Å². The van der Waals surface area contributed by atoms with Gasteiger partial charge in [0.05, 0.1) is 21.5 Å². The maximum Gasteiger partial charge on any atom is 0.181 e. The van der Waals surface area contributed by atoms with Crippen LogP contribution in [0, 0.1) is 0 Å². The van der Waals surface area contributed by atoms with E-state index in [1.54, 1.807) is 24.0 Å². The minimum Gasteiger partial charge on any atom is -0.492 e. The summed E-state index contributed by atoms with van der Waals surface area (Å²) in [5, 5.41) is 1.28. The van der Waals surface area contributed by atoms with Crippen LogP contribution in [0.1, 0.15) is 0 Å². The van der Waals surface area contributed by atoms with E-state index >= 15 is 0 Å². The molecule has 0 saturated heterocycles. The lowest BCUT2D eigenvalue weighted by Crippen LogP contribution is -2.00. The zero-order chi connectivity index (χ0) is 13.0. The molecule has 1 heterocycles. The molecule has 0 bridgehead atoms. The lowest BCUT2D eigenvalue weighted by Gasteiger charge is -2.07. The van der Waals surface area contributed by atoms with Gasteiger partial charge in [-0.3, -0.25) is 0 Å². The number of benzene rings is 1. The predicted octanol–water partition coefficient (Wildman–Crippen LogP) is 4.31. The number of rotatable bonds is 5. The van der Waals surface area contributed by atoms with Gasteiger partial charge < -0.3 is 10.5 Å². The maximum atomic E-state index is 5.85. The first-order chi connectivity index (χ1) is 8.65. The Balaban J connectivity index is 1.78. The molecule has 1 aromatic carbocycles. The molecule has 0 unspecified atom stereocenters. The fourth-order valence-electron chi connectivity index (χ4n) is 1.22. The summed E-state index contributed by atoms with van der Waals surface area (Å²) < 4.78 is 7.61. The highest BCUT2D eigenvalue weighted by molar-refractivity contribution is 9.10. The number of nitrogens with two attached hydrogens (primary N) is 1. The molecule has 0 fully saturated rings. The van der Waals surface area contributed by atoms with Gasteiger partial charge in [-0.15, -0.1) is 11.8 Å². The van der Waals surface area contributed by atoms with Gasteiger partial charge in [-0.2, -0.15) is 0 Å². The third-order valence-electron chi connectivity index (χ3n) is 1.98. The van der Waals surface area contributed by atoms with Crippen molar-refractivity contribution in [2.75, 3.05) is 18.1 Å². The summed E-state index contributed by atoms with van der Waals surface area (Å²) >= 11 is 12.4. The molecule has 3 nitrogen and oxygen atoms in total. The number of anilines is 1. The van der Waals surface area contributed by atoms with Crippen LogP contribution in [0.25, 0.3) is 0 Å². The SMILES string of the molecule is Nc1ncc(SCCOc2ccc(Cl)cc2Br)s1. The summed E-state index contributed by atoms with van der Waals surface area (Å²) in [7, 11) is 0. The van der Waals surface area contributed by atoms with Crippen LogP contribution in [0.4, 0.5) is 5.13 Å². The Kier molecular flexibility index (Phi) is 5.17. The molecule has 0 aliphatic carbocycles. The van der Waals surface area contributed by atoms with Crippen LogP contribution in [0.2, 0.25) is 5.02 Å². The molecule has 0 amide bonds. The molecule has 2 aromatic rings. The van der Waals surface area contributed by atoms with Crippen LogP contribution in [0.3, 0.4) is 0 Å². The van der Waals surface area contributed by atoms with Gasteiger partial charge >= 0.3 is 0 Å². The molecule has 0 saturated carbocycles. The van der Waals surface area contributed by atoms with E-state index in [2.05, 4.69) is 20.9 Å². The van der Waals surface area contributed by atoms with Crippen molar-refractivity contribution >= 4 is 55.8 Å². The minimum absolute atomic E-state index is 0.596. The van der Waals surface area contributed by atoms with Gasteiger partial charge in [0.25, 0.3) is 0 Å². The van der Waals surface area contributed by atoms with Crippen LogP contribution < -0.4 is 10.5 Å². The summed E-state index contributed by atoms with van der Waals surface area (Å²) in [6.45, 7) is 0.614. The summed E-state index contributed by atoms with van der Waals surface area (Å²) in [6.07, 6.45) is 1.78. The van der Waals surface area contributed by atoms with E-state index in [-0.39, 0.29) is 0 Å². The highest BCUT2D eigenvalue weighted by Crippen LogP contribution is 2.29.